The van der Waals surface area contributed by atoms with E-state index in [0.717, 1.165) is 28.7 Å². The lowest BCUT2D eigenvalue weighted by molar-refractivity contribution is 0.206. The third-order valence-corrected chi connectivity index (χ3v) is 5.00. The Balaban J connectivity index is 1.46. The van der Waals surface area contributed by atoms with Crippen LogP contribution in [0.5, 0.6) is 11.5 Å². The molecule has 1 aromatic heterocycles. The summed E-state index contributed by atoms with van der Waals surface area (Å²) in [5, 5.41) is 9.77. The zero-order valence-electron chi connectivity index (χ0n) is 16.7. The number of nitrogens with zero attached hydrogens (tertiary/aromatic N) is 3. The average molecular weight is 393 g/mol. The molecule has 8 heteroatoms. The maximum atomic E-state index is 12.7. The van der Waals surface area contributed by atoms with Gasteiger partial charge in [-0.05, 0) is 42.7 Å². The van der Waals surface area contributed by atoms with Gasteiger partial charge in [-0.15, -0.1) is 5.10 Å². The number of hydrogen-bond acceptors (Lipinski definition) is 5. The van der Waals surface area contributed by atoms with E-state index in [9.17, 15) is 4.79 Å². The van der Waals surface area contributed by atoms with Crippen molar-refractivity contribution in [2.24, 2.45) is 0 Å². The highest BCUT2D eigenvalue weighted by Crippen LogP contribution is 2.33. The topological polar surface area (TPSA) is 92.4 Å². The monoisotopic (exact) mass is 393 g/mol. The molecule has 0 saturated heterocycles. The number of anilines is 1. The lowest BCUT2D eigenvalue weighted by Gasteiger charge is -2.29. The van der Waals surface area contributed by atoms with Gasteiger partial charge in [-0.3, -0.25) is 10.4 Å². The number of urea groups is 1. The van der Waals surface area contributed by atoms with Crippen molar-refractivity contribution in [2.45, 2.75) is 19.9 Å². The molecular weight excluding hydrogens is 370 g/mol. The number of aromatic amines is 1. The Morgan fingerprint density at radius 2 is 1.90 bits per heavy atom. The summed E-state index contributed by atoms with van der Waals surface area (Å²) in [7, 11) is 3.22. The Hall–Kier alpha value is -3.55. The van der Waals surface area contributed by atoms with E-state index in [1.54, 1.807) is 19.1 Å². The molecule has 0 fully saturated rings. The number of aromatic nitrogens is 3. The molecule has 2 amide bonds. The molecule has 2 aromatic carbocycles. The summed E-state index contributed by atoms with van der Waals surface area (Å²) in [6.07, 6.45) is 0.742. The van der Waals surface area contributed by atoms with Gasteiger partial charge in [0, 0.05) is 18.7 Å². The highest BCUT2D eigenvalue weighted by atomic mass is 16.5. The predicted molar refractivity (Wildman–Crippen MR) is 109 cm³/mol. The highest BCUT2D eigenvalue weighted by molar-refractivity contribution is 5.87. The first-order valence-electron chi connectivity index (χ1n) is 9.36. The second-order valence-electron chi connectivity index (χ2n) is 6.95. The van der Waals surface area contributed by atoms with Crippen molar-refractivity contribution in [2.75, 3.05) is 26.1 Å². The fourth-order valence-electron chi connectivity index (χ4n) is 3.47. The fourth-order valence-corrected chi connectivity index (χ4v) is 3.47. The quantitative estimate of drug-likeness (QED) is 0.709. The number of aryl methyl sites for hydroxylation is 1. The third-order valence-electron chi connectivity index (χ3n) is 5.00. The standard InChI is InChI=1S/C21H23N5O3/c1-13-5-4-6-15(9-13)19-22-20(25-24-19)23-21(27)26-8-7-14-10-17(28-2)18(29-3)11-16(14)12-26/h4-6,9-11H,7-8,12H2,1-3H3,(H2,22,23,24,25,27). The molecular formula is C21H23N5O3. The first kappa shape index (κ1) is 18.8. The normalized spacial score (nSPS) is 13.0. The summed E-state index contributed by atoms with van der Waals surface area (Å²) in [4.78, 5) is 18.8. The van der Waals surface area contributed by atoms with E-state index in [1.165, 1.54) is 0 Å². The van der Waals surface area contributed by atoms with Crippen LogP contribution >= 0.6 is 0 Å². The number of nitrogens with one attached hydrogen (secondary N) is 2. The number of hydrogen-bond donors (Lipinski definition) is 2. The van der Waals surface area contributed by atoms with Gasteiger partial charge in [0.05, 0.1) is 14.2 Å². The second-order valence-corrected chi connectivity index (χ2v) is 6.95. The Bertz CT molecular complexity index is 1050. The number of carbonyl (C=O) groups excluding carboxylic acids is 1. The van der Waals surface area contributed by atoms with Gasteiger partial charge in [-0.1, -0.05) is 23.8 Å². The van der Waals surface area contributed by atoms with Crippen molar-refractivity contribution in [1.29, 1.82) is 0 Å². The SMILES string of the molecule is COc1cc2c(cc1OC)CN(C(=O)Nc1n[nH]c(-c3cccc(C)c3)n1)CC2. The molecule has 3 aromatic rings. The van der Waals surface area contributed by atoms with Crippen molar-refractivity contribution in [3.8, 4) is 22.9 Å². The molecule has 0 saturated carbocycles. The number of H-pyrrole nitrogens is 1. The first-order chi connectivity index (χ1) is 14.1. The van der Waals surface area contributed by atoms with Gasteiger partial charge in [-0.25, -0.2) is 4.79 Å². The predicted octanol–water partition coefficient (Wildman–Crippen LogP) is 3.39. The summed E-state index contributed by atoms with van der Waals surface area (Å²) in [5.74, 6) is 2.23. The van der Waals surface area contributed by atoms with Crippen molar-refractivity contribution >= 4 is 12.0 Å². The van der Waals surface area contributed by atoms with Crippen molar-refractivity contribution in [3.05, 3.63) is 53.1 Å². The van der Waals surface area contributed by atoms with Crippen LogP contribution in [0.25, 0.3) is 11.4 Å². The molecule has 0 radical (unpaired) electrons. The molecule has 1 aliphatic heterocycles. The highest BCUT2D eigenvalue weighted by Gasteiger charge is 2.23. The minimum Gasteiger partial charge on any atom is -0.493 e. The maximum Gasteiger partial charge on any atom is 0.324 e. The minimum absolute atomic E-state index is 0.236. The van der Waals surface area contributed by atoms with Crippen LogP contribution < -0.4 is 14.8 Å². The van der Waals surface area contributed by atoms with E-state index in [1.807, 2.05) is 43.3 Å². The largest absolute Gasteiger partial charge is 0.493 e. The summed E-state index contributed by atoms with van der Waals surface area (Å²) in [6, 6.07) is 11.6. The van der Waals surface area contributed by atoms with E-state index in [0.29, 0.717) is 30.4 Å². The number of fused-ring (bicyclic) bond motifs is 1. The van der Waals surface area contributed by atoms with Crippen LogP contribution in [-0.2, 0) is 13.0 Å². The van der Waals surface area contributed by atoms with Gasteiger partial charge < -0.3 is 14.4 Å². The van der Waals surface area contributed by atoms with Crippen molar-refractivity contribution in [3.63, 3.8) is 0 Å². The second kappa shape index (κ2) is 7.83. The fraction of sp³-hybridized carbons (Fsp3) is 0.286. The van der Waals surface area contributed by atoms with Gasteiger partial charge in [0.15, 0.2) is 17.3 Å². The molecule has 1 aliphatic rings. The van der Waals surface area contributed by atoms with Gasteiger partial charge >= 0.3 is 6.03 Å². The van der Waals surface area contributed by atoms with Crippen LogP contribution in [0.15, 0.2) is 36.4 Å². The van der Waals surface area contributed by atoms with Crippen LogP contribution in [0.3, 0.4) is 0 Å². The molecule has 2 N–H and O–H groups in total. The van der Waals surface area contributed by atoms with Crippen molar-refractivity contribution < 1.29 is 14.3 Å². The molecule has 29 heavy (non-hydrogen) atoms. The summed E-state index contributed by atoms with van der Waals surface area (Å²) >= 11 is 0. The summed E-state index contributed by atoms with van der Waals surface area (Å²) < 4.78 is 10.7. The number of amides is 2. The third kappa shape index (κ3) is 3.87. The molecule has 0 bridgehead atoms. The number of ether oxygens (including phenoxy) is 2. The lowest BCUT2D eigenvalue weighted by Crippen LogP contribution is -2.39. The van der Waals surface area contributed by atoms with E-state index >= 15 is 0 Å². The number of rotatable bonds is 4. The molecule has 2 heterocycles. The molecule has 0 unspecified atom stereocenters. The smallest absolute Gasteiger partial charge is 0.324 e. The maximum absolute atomic E-state index is 12.7. The number of methoxy groups -OCH3 is 2. The van der Waals surface area contributed by atoms with E-state index < -0.39 is 0 Å². The zero-order chi connectivity index (χ0) is 20.4. The Kier molecular flexibility index (Phi) is 5.07. The lowest BCUT2D eigenvalue weighted by atomic mass is 9.99. The van der Waals surface area contributed by atoms with Crippen LogP contribution in [0, 0.1) is 6.92 Å². The molecule has 0 spiro atoms. The van der Waals surface area contributed by atoms with E-state index in [-0.39, 0.29) is 12.0 Å². The van der Waals surface area contributed by atoms with Crippen LogP contribution in [-0.4, -0.2) is 46.9 Å². The minimum atomic E-state index is -0.236. The average Bonchev–Trinajstić information content (AvgIpc) is 3.20. The van der Waals surface area contributed by atoms with Crippen LogP contribution in [0.4, 0.5) is 10.7 Å². The summed E-state index contributed by atoms with van der Waals surface area (Å²) in [6.45, 7) is 3.10. The number of benzene rings is 2. The van der Waals surface area contributed by atoms with Gasteiger partial charge in [0.2, 0.25) is 5.95 Å². The van der Waals surface area contributed by atoms with Crippen LogP contribution in [0.2, 0.25) is 0 Å². The van der Waals surface area contributed by atoms with Gasteiger partial charge in [0.25, 0.3) is 0 Å². The Labute approximate surface area is 168 Å². The Morgan fingerprint density at radius 3 is 2.62 bits per heavy atom. The summed E-state index contributed by atoms with van der Waals surface area (Å²) in [5.41, 5.74) is 4.25. The van der Waals surface area contributed by atoms with Crippen LogP contribution in [0.1, 0.15) is 16.7 Å². The van der Waals surface area contributed by atoms with Gasteiger partial charge in [0.1, 0.15) is 0 Å². The molecule has 0 atom stereocenters. The van der Waals surface area contributed by atoms with Crippen molar-refractivity contribution in [1.82, 2.24) is 20.1 Å². The molecule has 0 aliphatic carbocycles. The molecule has 150 valence electrons. The number of carbonyl (C=O) groups is 1. The Morgan fingerprint density at radius 1 is 1.14 bits per heavy atom. The van der Waals surface area contributed by atoms with Gasteiger partial charge in [-0.2, -0.15) is 4.98 Å². The van der Waals surface area contributed by atoms with E-state index in [2.05, 4.69) is 20.5 Å². The molecule has 4 rings (SSSR count). The first-order valence-corrected chi connectivity index (χ1v) is 9.36. The molecule has 8 nitrogen and oxygen atoms in total. The zero-order valence-corrected chi connectivity index (χ0v) is 16.7. The van der Waals surface area contributed by atoms with E-state index in [4.69, 9.17) is 9.47 Å².